The molecule has 1 aromatic carbocycles. The van der Waals surface area contributed by atoms with Gasteiger partial charge >= 0.3 is 5.97 Å². The lowest BCUT2D eigenvalue weighted by molar-refractivity contribution is -0.970. The third-order valence-corrected chi connectivity index (χ3v) is 8.51. The highest BCUT2D eigenvalue weighted by Gasteiger charge is 2.84. The summed E-state index contributed by atoms with van der Waals surface area (Å²) in [6.07, 6.45) is 3.26. The van der Waals surface area contributed by atoms with Gasteiger partial charge in [0.2, 0.25) is 0 Å². The van der Waals surface area contributed by atoms with Gasteiger partial charge in [-0.3, -0.25) is 4.79 Å². The molecule has 5 heterocycles. The van der Waals surface area contributed by atoms with Gasteiger partial charge < -0.3 is 20.1 Å². The normalized spacial score (nSPS) is 50.5. The van der Waals surface area contributed by atoms with Crippen LogP contribution in [0.15, 0.2) is 35.9 Å². The number of aliphatic hydroxyl groups is 1. The number of esters is 1. The van der Waals surface area contributed by atoms with Crippen LogP contribution in [0, 0.1) is 11.3 Å². The monoisotopic (exact) mass is 353 g/mol. The Hall–Kier alpha value is -1.85. The molecule has 5 aliphatic heterocycles. The summed E-state index contributed by atoms with van der Waals surface area (Å²) in [5.41, 5.74) is 2.47. The second kappa shape index (κ2) is 4.52. The third kappa shape index (κ3) is 1.28. The first-order chi connectivity index (χ1) is 12.6. The molecule has 0 aromatic heterocycles. The second-order valence-corrected chi connectivity index (χ2v) is 8.80. The minimum atomic E-state index is -0.811. The van der Waals surface area contributed by atoms with Crippen molar-refractivity contribution in [3.63, 3.8) is 0 Å². The Balaban J connectivity index is 1.65. The zero-order valence-corrected chi connectivity index (χ0v) is 15.2. The topological polar surface area (TPSA) is 63.0 Å². The average Bonchev–Trinajstić information content (AvgIpc) is 3.13. The molecule has 26 heavy (non-hydrogen) atoms. The van der Waals surface area contributed by atoms with Crippen molar-refractivity contribution in [3.8, 4) is 0 Å². The Labute approximate surface area is 153 Å². The molecule has 4 saturated heterocycles. The zero-order chi connectivity index (χ0) is 17.8. The van der Waals surface area contributed by atoms with Gasteiger partial charge in [-0.25, -0.2) is 0 Å². The highest BCUT2D eigenvalue weighted by molar-refractivity contribution is 5.83. The molecule has 1 spiro atoms. The maximum atomic E-state index is 13.3. The Bertz CT molecular complexity index is 867. The number of ether oxygens (including phenoxy) is 1. The first-order valence-electron chi connectivity index (χ1n) is 9.73. The minimum absolute atomic E-state index is 0.0985. The summed E-state index contributed by atoms with van der Waals surface area (Å²) in [6, 6.07) is 9.12. The van der Waals surface area contributed by atoms with E-state index < -0.39 is 11.5 Å². The quantitative estimate of drug-likeness (QED) is 0.501. The van der Waals surface area contributed by atoms with Crippen molar-refractivity contribution in [1.29, 1.82) is 0 Å². The van der Waals surface area contributed by atoms with Crippen LogP contribution in [0.25, 0.3) is 0 Å². The molecule has 0 radical (unpaired) electrons. The van der Waals surface area contributed by atoms with Crippen molar-refractivity contribution < 1.29 is 19.5 Å². The predicted molar refractivity (Wildman–Crippen MR) is 95.9 cm³/mol. The van der Waals surface area contributed by atoms with Crippen LogP contribution in [0.2, 0.25) is 0 Å². The molecular weight excluding hydrogens is 328 g/mol. The van der Waals surface area contributed by atoms with Crippen LogP contribution in [0.4, 0.5) is 5.69 Å². The maximum absolute atomic E-state index is 13.3. The largest absolute Gasteiger partial charge is 0.468 e. The number of rotatable bonds is 1. The van der Waals surface area contributed by atoms with Crippen LogP contribution >= 0.6 is 0 Å². The van der Waals surface area contributed by atoms with E-state index in [1.54, 1.807) is 0 Å². The number of carbonyl (C=O) groups is 1. The maximum Gasteiger partial charge on any atom is 0.321 e. The summed E-state index contributed by atoms with van der Waals surface area (Å²) in [5, 5.41) is 15.7. The van der Waals surface area contributed by atoms with Gasteiger partial charge in [0.1, 0.15) is 12.1 Å². The van der Waals surface area contributed by atoms with Gasteiger partial charge in [-0.15, -0.1) is 0 Å². The zero-order valence-electron chi connectivity index (χ0n) is 15.2. The van der Waals surface area contributed by atoms with Crippen molar-refractivity contribution in [2.45, 2.75) is 49.4 Å². The van der Waals surface area contributed by atoms with Crippen LogP contribution in [0.5, 0.6) is 0 Å². The lowest BCUT2D eigenvalue weighted by Crippen LogP contribution is -3.26. The molecule has 3 N–H and O–H groups in total. The standard InChI is InChI=1S/C21H24N2O3/c1-3-11-10-23-15-8-13(11)21(19(25)26-2)16(23)9-20(18(21)24)12-6-4-5-7-14(12)22-17(15)20/h3-7,13,15-18,22,24H,8-10H2,1-2H3/p+1/b11-3-/t13-,15-,16?,17+,18-,20+,21?/m0/s1. The number of methoxy groups -OCH3 is 1. The summed E-state index contributed by atoms with van der Waals surface area (Å²) in [6.45, 7) is 3.06. The number of allylic oxidation sites excluding steroid dienone is 1. The van der Waals surface area contributed by atoms with Crippen molar-refractivity contribution in [2.75, 3.05) is 19.0 Å². The number of carbonyl (C=O) groups excluding carboxylic acids is 1. The number of fused-ring (bicyclic) bond motifs is 2. The van der Waals surface area contributed by atoms with Crippen molar-refractivity contribution in [3.05, 3.63) is 41.5 Å². The number of benzene rings is 1. The minimum Gasteiger partial charge on any atom is -0.468 e. The van der Waals surface area contributed by atoms with E-state index in [2.05, 4.69) is 36.5 Å². The third-order valence-electron chi connectivity index (χ3n) is 8.51. The van der Waals surface area contributed by atoms with E-state index in [0.717, 1.165) is 25.1 Å². The fourth-order valence-electron chi connectivity index (χ4n) is 7.76. The highest BCUT2D eigenvalue weighted by Crippen LogP contribution is 2.67. The average molecular weight is 353 g/mol. The van der Waals surface area contributed by atoms with Gasteiger partial charge in [0.05, 0.1) is 31.2 Å². The van der Waals surface area contributed by atoms with Crippen LogP contribution in [-0.2, 0) is 14.9 Å². The summed E-state index contributed by atoms with van der Waals surface area (Å²) >= 11 is 0. The molecular formula is C21H25N2O3+. The Morgan fingerprint density at radius 1 is 1.42 bits per heavy atom. The first kappa shape index (κ1) is 15.2. The fourth-order valence-corrected chi connectivity index (χ4v) is 7.76. The van der Waals surface area contributed by atoms with Crippen molar-refractivity contribution >= 4 is 11.7 Å². The summed E-state index contributed by atoms with van der Waals surface area (Å²) < 4.78 is 5.35. The molecule has 136 valence electrons. The van der Waals surface area contributed by atoms with Crippen molar-refractivity contribution in [1.82, 2.24) is 0 Å². The van der Waals surface area contributed by atoms with E-state index in [1.165, 1.54) is 23.1 Å². The Kier molecular flexibility index (Phi) is 2.65. The van der Waals surface area contributed by atoms with Crippen LogP contribution in [0.3, 0.4) is 0 Å². The van der Waals surface area contributed by atoms with E-state index >= 15 is 0 Å². The van der Waals surface area contributed by atoms with Crippen LogP contribution in [0.1, 0.15) is 25.3 Å². The van der Waals surface area contributed by atoms with E-state index in [1.807, 2.05) is 6.07 Å². The van der Waals surface area contributed by atoms with Gasteiger partial charge in [0.25, 0.3) is 0 Å². The molecule has 1 aliphatic carbocycles. The molecule has 5 nitrogen and oxygen atoms in total. The van der Waals surface area contributed by atoms with Gasteiger partial charge in [-0.05, 0) is 24.1 Å². The van der Waals surface area contributed by atoms with E-state index in [9.17, 15) is 9.90 Å². The number of para-hydroxylation sites is 1. The molecule has 8 atom stereocenters. The molecule has 5 fully saturated rings. The molecule has 5 bridgehead atoms. The summed E-state index contributed by atoms with van der Waals surface area (Å²) in [4.78, 5) is 14.7. The molecule has 6 aliphatic rings. The lowest BCUT2D eigenvalue weighted by Gasteiger charge is -2.57. The van der Waals surface area contributed by atoms with E-state index in [-0.39, 0.29) is 29.4 Å². The van der Waals surface area contributed by atoms with Gasteiger partial charge in [-0.2, -0.15) is 0 Å². The van der Waals surface area contributed by atoms with Crippen LogP contribution in [-0.4, -0.2) is 49.0 Å². The van der Waals surface area contributed by atoms with Gasteiger partial charge in [0.15, 0.2) is 5.41 Å². The molecule has 1 saturated carbocycles. The van der Waals surface area contributed by atoms with E-state index in [4.69, 9.17) is 4.74 Å². The molecule has 3 unspecified atom stereocenters. The first-order valence-corrected chi connectivity index (χ1v) is 9.73. The fraction of sp³-hybridized carbons (Fsp3) is 0.571. The second-order valence-electron chi connectivity index (χ2n) is 8.80. The molecule has 1 aromatic rings. The van der Waals surface area contributed by atoms with Crippen LogP contribution < -0.4 is 10.2 Å². The molecule has 5 heteroatoms. The summed E-state index contributed by atoms with van der Waals surface area (Å²) in [7, 11) is 1.47. The Morgan fingerprint density at radius 3 is 3.00 bits per heavy atom. The predicted octanol–water partition coefficient (Wildman–Crippen LogP) is 0.258. The molecule has 0 amide bonds. The Morgan fingerprint density at radius 2 is 2.23 bits per heavy atom. The van der Waals surface area contributed by atoms with Gasteiger partial charge in [0, 0.05) is 24.4 Å². The van der Waals surface area contributed by atoms with Gasteiger partial charge in [-0.1, -0.05) is 24.3 Å². The smallest absolute Gasteiger partial charge is 0.321 e. The lowest BCUT2D eigenvalue weighted by atomic mass is 9.58. The number of quaternary nitrogens is 1. The number of anilines is 1. The number of hydrogen-bond donors (Lipinski definition) is 3. The molecule has 7 rings (SSSR count). The van der Waals surface area contributed by atoms with Crippen molar-refractivity contribution in [2.24, 2.45) is 11.3 Å². The number of hydrogen-bond acceptors (Lipinski definition) is 4. The highest BCUT2D eigenvalue weighted by atomic mass is 16.5. The number of nitrogens with one attached hydrogen (secondary N) is 2. The SMILES string of the molecule is C/C=C1/C[NH+]2C3C[C@@]45c6ccccc6N[C@@H]4[C@@H]2C[C@@H]1C3(C(=O)OC)[C@H]5O. The summed E-state index contributed by atoms with van der Waals surface area (Å²) in [5.74, 6) is -0.113. The van der Waals surface area contributed by atoms with E-state index in [0.29, 0.717) is 6.04 Å². The number of piperidine rings is 4. The number of aliphatic hydroxyl groups excluding tert-OH is 1.